The Morgan fingerprint density at radius 2 is 1.96 bits per heavy atom. The Hall–Kier alpha value is -3.23. The fourth-order valence-corrected chi connectivity index (χ4v) is 3.19. The van der Waals surface area contributed by atoms with Crippen LogP contribution in [0, 0.1) is 11.7 Å². The number of rotatable bonds is 5. The van der Waals surface area contributed by atoms with Crippen LogP contribution in [0.4, 0.5) is 4.39 Å². The van der Waals surface area contributed by atoms with Gasteiger partial charge >= 0.3 is 5.97 Å². The van der Waals surface area contributed by atoms with E-state index in [4.69, 9.17) is 9.84 Å². The Labute approximate surface area is 160 Å². The quantitative estimate of drug-likeness (QED) is 0.829. The number of aromatic nitrogens is 2. The number of carbonyl (C=O) groups excluding carboxylic acids is 1. The second kappa shape index (κ2) is 8.20. The molecule has 148 valence electrons. The molecule has 1 fully saturated rings. The van der Waals surface area contributed by atoms with Crippen LogP contribution < -0.4 is 10.3 Å². The molecule has 0 spiro atoms. The lowest BCUT2D eigenvalue weighted by atomic mass is 9.97. The summed E-state index contributed by atoms with van der Waals surface area (Å²) < 4.78 is 19.6. The maximum absolute atomic E-state index is 13.4. The van der Waals surface area contributed by atoms with Crippen molar-refractivity contribution in [2.75, 3.05) is 20.2 Å². The van der Waals surface area contributed by atoms with Gasteiger partial charge in [-0.05, 0) is 31.0 Å². The fraction of sp³-hybridized carbons (Fsp3) is 0.368. The van der Waals surface area contributed by atoms with Gasteiger partial charge in [-0.15, -0.1) is 0 Å². The van der Waals surface area contributed by atoms with Gasteiger partial charge in [0.2, 0.25) is 5.91 Å². The lowest BCUT2D eigenvalue weighted by molar-refractivity contribution is -0.145. The predicted molar refractivity (Wildman–Crippen MR) is 97.4 cm³/mol. The van der Waals surface area contributed by atoms with Crippen molar-refractivity contribution < 1.29 is 23.8 Å². The van der Waals surface area contributed by atoms with Gasteiger partial charge in [0.1, 0.15) is 18.1 Å². The van der Waals surface area contributed by atoms with Crippen molar-refractivity contribution in [3.63, 3.8) is 0 Å². The van der Waals surface area contributed by atoms with Crippen molar-refractivity contribution in [2.45, 2.75) is 19.4 Å². The van der Waals surface area contributed by atoms with E-state index in [1.807, 2.05) is 0 Å². The van der Waals surface area contributed by atoms with Gasteiger partial charge in [0, 0.05) is 30.8 Å². The molecular weight excluding hydrogens is 369 g/mol. The minimum atomic E-state index is -0.856. The zero-order valence-corrected chi connectivity index (χ0v) is 15.3. The molecule has 0 saturated carbocycles. The average Bonchev–Trinajstić information content (AvgIpc) is 2.69. The number of ether oxygens (including phenoxy) is 1. The topological polar surface area (TPSA) is 102 Å². The van der Waals surface area contributed by atoms with Gasteiger partial charge in [0.15, 0.2) is 0 Å². The summed E-state index contributed by atoms with van der Waals surface area (Å²) >= 11 is 0. The van der Waals surface area contributed by atoms with Crippen LogP contribution in [0.25, 0.3) is 11.3 Å². The molecule has 1 aliphatic rings. The van der Waals surface area contributed by atoms with E-state index in [0.717, 1.165) is 4.68 Å². The molecule has 2 aromatic rings. The number of carboxylic acid groups (broad SMARTS) is 1. The predicted octanol–water partition coefficient (Wildman–Crippen LogP) is 1.38. The Bertz CT molecular complexity index is 951. The first-order chi connectivity index (χ1) is 13.4. The molecule has 9 heteroatoms. The third-order valence-corrected chi connectivity index (χ3v) is 4.79. The summed E-state index contributed by atoms with van der Waals surface area (Å²) in [5, 5.41) is 13.3. The number of hydrogen-bond acceptors (Lipinski definition) is 5. The highest BCUT2D eigenvalue weighted by molar-refractivity contribution is 5.77. The van der Waals surface area contributed by atoms with E-state index in [0.29, 0.717) is 37.2 Å². The van der Waals surface area contributed by atoms with E-state index in [2.05, 4.69) is 5.10 Å². The summed E-state index contributed by atoms with van der Waals surface area (Å²) in [4.78, 5) is 37.2. The third kappa shape index (κ3) is 4.19. The molecule has 0 radical (unpaired) electrons. The highest BCUT2D eigenvalue weighted by Crippen LogP contribution is 2.28. The van der Waals surface area contributed by atoms with E-state index in [-0.39, 0.29) is 18.2 Å². The number of hydrogen-bond donors (Lipinski definition) is 1. The summed E-state index contributed by atoms with van der Waals surface area (Å²) in [6.07, 6.45) is 0.770. The smallest absolute Gasteiger partial charge is 0.306 e. The normalized spacial score (nSPS) is 14.7. The molecule has 0 bridgehead atoms. The van der Waals surface area contributed by atoms with Gasteiger partial charge in [-0.2, -0.15) is 5.10 Å². The Balaban J connectivity index is 1.78. The molecule has 1 aliphatic heterocycles. The minimum Gasteiger partial charge on any atom is -0.496 e. The number of amides is 1. The number of likely N-dealkylation sites (tertiary alicyclic amines) is 1. The molecule has 8 nitrogen and oxygen atoms in total. The Morgan fingerprint density at radius 1 is 1.25 bits per heavy atom. The van der Waals surface area contributed by atoms with Crippen LogP contribution in [-0.2, 0) is 16.1 Å². The van der Waals surface area contributed by atoms with E-state index < -0.39 is 23.3 Å². The van der Waals surface area contributed by atoms with E-state index in [1.54, 1.807) is 4.90 Å². The molecule has 0 aliphatic carbocycles. The lowest BCUT2D eigenvalue weighted by Gasteiger charge is -2.30. The number of halogens is 1. The maximum Gasteiger partial charge on any atom is 0.306 e. The van der Waals surface area contributed by atoms with Crippen LogP contribution in [0.2, 0.25) is 0 Å². The van der Waals surface area contributed by atoms with Crippen LogP contribution in [0.5, 0.6) is 5.75 Å². The van der Waals surface area contributed by atoms with Crippen LogP contribution >= 0.6 is 0 Å². The molecule has 1 aromatic carbocycles. The van der Waals surface area contributed by atoms with Crippen LogP contribution in [-0.4, -0.2) is 51.9 Å². The Kier molecular flexibility index (Phi) is 5.72. The molecule has 0 atom stereocenters. The zero-order valence-electron chi connectivity index (χ0n) is 15.3. The molecule has 1 amide bonds. The first-order valence-corrected chi connectivity index (χ1v) is 8.81. The summed E-state index contributed by atoms with van der Waals surface area (Å²) in [5.41, 5.74) is 0.416. The minimum absolute atomic E-state index is 0.256. The molecule has 1 N–H and O–H groups in total. The molecule has 3 rings (SSSR count). The number of carbonyl (C=O) groups is 2. The zero-order chi connectivity index (χ0) is 20.3. The summed E-state index contributed by atoms with van der Waals surface area (Å²) in [6.45, 7) is 0.403. The van der Waals surface area contributed by atoms with E-state index in [1.165, 1.54) is 37.4 Å². The van der Waals surface area contributed by atoms with Gasteiger partial charge in [0.25, 0.3) is 5.56 Å². The number of nitrogens with zero attached hydrogens (tertiary/aromatic N) is 3. The van der Waals surface area contributed by atoms with E-state index >= 15 is 0 Å². The molecule has 1 aromatic heterocycles. The molecule has 0 unspecified atom stereocenters. The van der Waals surface area contributed by atoms with Crippen molar-refractivity contribution in [3.8, 4) is 17.0 Å². The van der Waals surface area contributed by atoms with Gasteiger partial charge in [-0.1, -0.05) is 0 Å². The van der Waals surface area contributed by atoms with Gasteiger partial charge in [-0.25, -0.2) is 9.07 Å². The third-order valence-electron chi connectivity index (χ3n) is 4.79. The first-order valence-electron chi connectivity index (χ1n) is 8.81. The van der Waals surface area contributed by atoms with Crippen LogP contribution in [0.15, 0.2) is 35.1 Å². The number of carboxylic acids is 1. The lowest BCUT2D eigenvalue weighted by Crippen LogP contribution is -2.43. The number of benzene rings is 1. The fourth-order valence-electron chi connectivity index (χ4n) is 3.19. The van der Waals surface area contributed by atoms with Crippen molar-refractivity contribution in [3.05, 3.63) is 46.5 Å². The highest BCUT2D eigenvalue weighted by Gasteiger charge is 2.27. The molecule has 2 heterocycles. The number of aliphatic carboxylic acids is 1. The standard InChI is InChI=1S/C19H20FN3O5/c1-28-16-10-13(20)2-3-14(16)15-4-5-17(24)23(21-15)11-18(25)22-8-6-12(7-9-22)19(26)27/h2-5,10,12H,6-9,11H2,1H3,(H,26,27). The number of methoxy groups -OCH3 is 1. The van der Waals surface area contributed by atoms with Crippen molar-refractivity contribution in [2.24, 2.45) is 5.92 Å². The Morgan fingerprint density at radius 3 is 2.61 bits per heavy atom. The molecule has 28 heavy (non-hydrogen) atoms. The first kappa shape index (κ1) is 19.5. The van der Waals surface area contributed by atoms with Gasteiger partial charge in [0.05, 0.1) is 18.7 Å². The number of piperidine rings is 1. The summed E-state index contributed by atoms with van der Waals surface area (Å²) in [7, 11) is 1.40. The van der Waals surface area contributed by atoms with Crippen LogP contribution in [0.1, 0.15) is 12.8 Å². The molecule has 1 saturated heterocycles. The highest BCUT2D eigenvalue weighted by atomic mass is 19.1. The van der Waals surface area contributed by atoms with E-state index in [9.17, 15) is 18.8 Å². The van der Waals surface area contributed by atoms with Crippen LogP contribution in [0.3, 0.4) is 0 Å². The second-order valence-electron chi connectivity index (χ2n) is 6.55. The largest absolute Gasteiger partial charge is 0.496 e. The van der Waals surface area contributed by atoms with Crippen molar-refractivity contribution >= 4 is 11.9 Å². The second-order valence-corrected chi connectivity index (χ2v) is 6.55. The average molecular weight is 389 g/mol. The van der Waals surface area contributed by atoms with Crippen molar-refractivity contribution in [1.82, 2.24) is 14.7 Å². The summed E-state index contributed by atoms with van der Waals surface area (Å²) in [5.74, 6) is -1.81. The monoisotopic (exact) mass is 389 g/mol. The summed E-state index contributed by atoms with van der Waals surface area (Å²) in [6, 6.07) is 6.73. The van der Waals surface area contributed by atoms with Gasteiger partial charge < -0.3 is 14.7 Å². The maximum atomic E-state index is 13.4. The SMILES string of the molecule is COc1cc(F)ccc1-c1ccc(=O)n(CC(=O)N2CCC(C(=O)O)CC2)n1. The molecular formula is C19H20FN3O5. The van der Waals surface area contributed by atoms with Crippen molar-refractivity contribution in [1.29, 1.82) is 0 Å². The van der Waals surface area contributed by atoms with Gasteiger partial charge in [-0.3, -0.25) is 14.4 Å².